The third-order valence-electron chi connectivity index (χ3n) is 2.87. The Balaban J connectivity index is 2.17. The summed E-state index contributed by atoms with van der Waals surface area (Å²) in [4.78, 5) is 10.8. The van der Waals surface area contributed by atoms with Gasteiger partial charge in [-0.3, -0.25) is 0 Å². The van der Waals surface area contributed by atoms with Crippen molar-refractivity contribution in [2.24, 2.45) is 0 Å². The first-order valence-corrected chi connectivity index (χ1v) is 5.88. The highest BCUT2D eigenvalue weighted by Crippen LogP contribution is 2.45. The van der Waals surface area contributed by atoms with Gasteiger partial charge in [-0.1, -0.05) is 6.07 Å². The Labute approximate surface area is 91.2 Å². The minimum absolute atomic E-state index is 0.381. The van der Waals surface area contributed by atoms with E-state index in [2.05, 4.69) is 5.38 Å². The maximum Gasteiger partial charge on any atom is 0.335 e. The number of hydrogen-bond acceptors (Lipinski definition) is 2. The predicted molar refractivity (Wildman–Crippen MR) is 60.8 cm³/mol. The monoisotopic (exact) mass is 218 g/mol. The first kappa shape index (κ1) is 8.92. The van der Waals surface area contributed by atoms with Gasteiger partial charge in [0, 0.05) is 4.70 Å². The molecular weight excluding hydrogens is 208 g/mol. The van der Waals surface area contributed by atoms with Crippen LogP contribution in [0.1, 0.15) is 34.7 Å². The maximum atomic E-state index is 10.8. The molecule has 1 aliphatic rings. The molecule has 0 unspecified atom stereocenters. The quantitative estimate of drug-likeness (QED) is 0.837. The summed E-state index contributed by atoms with van der Waals surface area (Å²) >= 11 is 1.65. The van der Waals surface area contributed by atoms with Crippen molar-refractivity contribution < 1.29 is 9.90 Å². The molecule has 1 N–H and O–H groups in total. The van der Waals surface area contributed by atoms with Crippen LogP contribution in [0.25, 0.3) is 10.1 Å². The zero-order valence-electron chi connectivity index (χ0n) is 8.06. The average molecular weight is 218 g/mol. The summed E-state index contributed by atoms with van der Waals surface area (Å²) in [5.74, 6) is -0.118. The van der Waals surface area contributed by atoms with Gasteiger partial charge in [0.1, 0.15) is 0 Å². The Kier molecular flexibility index (Phi) is 1.83. The van der Waals surface area contributed by atoms with E-state index >= 15 is 0 Å². The van der Waals surface area contributed by atoms with Crippen molar-refractivity contribution in [2.75, 3.05) is 0 Å². The molecule has 0 radical (unpaired) electrons. The molecule has 2 nitrogen and oxygen atoms in total. The molecule has 1 fully saturated rings. The summed E-state index contributed by atoms with van der Waals surface area (Å²) in [7, 11) is 0. The second-order valence-electron chi connectivity index (χ2n) is 3.98. The zero-order valence-corrected chi connectivity index (χ0v) is 8.88. The van der Waals surface area contributed by atoms with Gasteiger partial charge >= 0.3 is 5.97 Å². The van der Waals surface area contributed by atoms with Crippen LogP contribution in [-0.2, 0) is 0 Å². The van der Waals surface area contributed by atoms with Crippen LogP contribution in [0.5, 0.6) is 0 Å². The van der Waals surface area contributed by atoms with E-state index < -0.39 is 5.97 Å². The number of carboxylic acid groups (broad SMARTS) is 1. The van der Waals surface area contributed by atoms with Gasteiger partial charge in [-0.15, -0.1) is 11.3 Å². The highest BCUT2D eigenvalue weighted by atomic mass is 32.1. The third kappa shape index (κ3) is 1.43. The topological polar surface area (TPSA) is 37.3 Å². The zero-order chi connectivity index (χ0) is 10.4. The number of carboxylic acids is 1. The summed E-state index contributed by atoms with van der Waals surface area (Å²) in [5.41, 5.74) is 1.79. The van der Waals surface area contributed by atoms with Crippen molar-refractivity contribution in [3.8, 4) is 0 Å². The van der Waals surface area contributed by atoms with Crippen molar-refractivity contribution >= 4 is 27.4 Å². The van der Waals surface area contributed by atoms with Crippen LogP contribution in [0.3, 0.4) is 0 Å². The predicted octanol–water partition coefficient (Wildman–Crippen LogP) is 3.48. The number of rotatable bonds is 2. The Morgan fingerprint density at radius 1 is 1.40 bits per heavy atom. The Hall–Kier alpha value is -1.35. The van der Waals surface area contributed by atoms with Crippen LogP contribution in [0.2, 0.25) is 0 Å². The summed E-state index contributed by atoms with van der Waals surface area (Å²) in [5, 5.41) is 12.3. The van der Waals surface area contributed by atoms with E-state index in [-0.39, 0.29) is 0 Å². The molecule has 0 bridgehead atoms. The van der Waals surface area contributed by atoms with Crippen LogP contribution >= 0.6 is 11.3 Å². The van der Waals surface area contributed by atoms with Crippen LogP contribution in [-0.4, -0.2) is 11.1 Å². The molecule has 0 saturated heterocycles. The lowest BCUT2D eigenvalue weighted by atomic mass is 10.1. The first-order chi connectivity index (χ1) is 7.25. The Morgan fingerprint density at radius 3 is 2.87 bits per heavy atom. The fourth-order valence-electron chi connectivity index (χ4n) is 1.89. The lowest BCUT2D eigenvalue weighted by Gasteiger charge is -1.97. The Morgan fingerprint density at radius 2 is 2.20 bits per heavy atom. The van der Waals surface area contributed by atoms with Gasteiger partial charge in [0.25, 0.3) is 0 Å². The van der Waals surface area contributed by atoms with Gasteiger partial charge in [-0.05, 0) is 47.2 Å². The lowest BCUT2D eigenvalue weighted by Crippen LogP contribution is -1.94. The van der Waals surface area contributed by atoms with E-state index in [1.165, 1.54) is 23.8 Å². The molecule has 0 atom stereocenters. The number of aromatic carboxylic acids is 1. The molecule has 3 heteroatoms. The number of hydrogen-bond donors (Lipinski definition) is 1. The van der Waals surface area contributed by atoms with Crippen LogP contribution in [0.15, 0.2) is 23.6 Å². The van der Waals surface area contributed by atoms with Crippen molar-refractivity contribution in [1.82, 2.24) is 0 Å². The van der Waals surface area contributed by atoms with Gasteiger partial charge in [-0.25, -0.2) is 4.79 Å². The van der Waals surface area contributed by atoms with E-state index in [9.17, 15) is 4.79 Å². The molecular formula is C12H10O2S. The summed E-state index contributed by atoms with van der Waals surface area (Å²) in [6.07, 6.45) is 2.57. The van der Waals surface area contributed by atoms with Crippen molar-refractivity contribution in [2.45, 2.75) is 18.8 Å². The molecule has 1 saturated carbocycles. The van der Waals surface area contributed by atoms with E-state index in [0.29, 0.717) is 5.56 Å². The van der Waals surface area contributed by atoms with Gasteiger partial charge < -0.3 is 5.11 Å². The molecule has 3 rings (SSSR count). The fraction of sp³-hybridized carbons (Fsp3) is 0.250. The van der Waals surface area contributed by atoms with Crippen LogP contribution < -0.4 is 0 Å². The van der Waals surface area contributed by atoms with Crippen molar-refractivity contribution in [3.63, 3.8) is 0 Å². The number of carbonyl (C=O) groups is 1. The molecule has 15 heavy (non-hydrogen) atoms. The van der Waals surface area contributed by atoms with Crippen molar-refractivity contribution in [3.05, 3.63) is 34.7 Å². The number of benzene rings is 1. The fourth-order valence-corrected chi connectivity index (χ4v) is 2.97. The molecule has 0 spiro atoms. The summed E-state index contributed by atoms with van der Waals surface area (Å²) < 4.78 is 1.09. The molecule has 1 aromatic carbocycles. The van der Waals surface area contributed by atoms with Gasteiger partial charge in [-0.2, -0.15) is 0 Å². The van der Waals surface area contributed by atoms with E-state index in [4.69, 9.17) is 5.11 Å². The van der Waals surface area contributed by atoms with Crippen molar-refractivity contribution in [1.29, 1.82) is 0 Å². The van der Waals surface area contributed by atoms with Crippen LogP contribution in [0, 0.1) is 0 Å². The highest BCUT2D eigenvalue weighted by molar-refractivity contribution is 7.17. The smallest absolute Gasteiger partial charge is 0.335 e. The summed E-state index contributed by atoms with van der Waals surface area (Å²) in [6.45, 7) is 0. The summed E-state index contributed by atoms with van der Waals surface area (Å²) in [6, 6.07) is 5.42. The molecule has 1 aliphatic carbocycles. The molecule has 1 aromatic heterocycles. The minimum Gasteiger partial charge on any atom is -0.478 e. The van der Waals surface area contributed by atoms with Gasteiger partial charge in [0.2, 0.25) is 0 Å². The molecule has 1 heterocycles. The SMILES string of the molecule is O=C(O)c1ccc2c(C3CC3)csc2c1. The molecule has 0 amide bonds. The maximum absolute atomic E-state index is 10.8. The molecule has 76 valence electrons. The number of thiophene rings is 1. The molecule has 0 aliphatic heterocycles. The minimum atomic E-state index is -0.849. The molecule has 2 aromatic rings. The second kappa shape index (κ2) is 3.07. The van der Waals surface area contributed by atoms with E-state index in [1.54, 1.807) is 23.5 Å². The Bertz CT molecular complexity index is 538. The normalized spacial score (nSPS) is 15.7. The first-order valence-electron chi connectivity index (χ1n) is 5.00. The number of fused-ring (bicyclic) bond motifs is 1. The lowest BCUT2D eigenvalue weighted by molar-refractivity contribution is 0.0697. The second-order valence-corrected chi connectivity index (χ2v) is 4.89. The van der Waals surface area contributed by atoms with Crippen LogP contribution in [0.4, 0.5) is 0 Å². The van der Waals surface area contributed by atoms with Gasteiger partial charge in [0.05, 0.1) is 5.56 Å². The standard InChI is InChI=1S/C12H10O2S/c13-12(14)8-3-4-9-10(7-1-2-7)6-15-11(9)5-8/h3-7H,1-2H2,(H,13,14). The van der Waals surface area contributed by atoms with E-state index in [0.717, 1.165) is 10.6 Å². The van der Waals surface area contributed by atoms with Gasteiger partial charge in [0.15, 0.2) is 0 Å². The highest BCUT2D eigenvalue weighted by Gasteiger charge is 2.26. The average Bonchev–Trinajstić information content (AvgIpc) is 2.98. The van der Waals surface area contributed by atoms with E-state index in [1.807, 2.05) is 6.07 Å². The largest absolute Gasteiger partial charge is 0.478 e. The third-order valence-corrected chi connectivity index (χ3v) is 3.83.